The zero-order valence-corrected chi connectivity index (χ0v) is 16.1. The molecule has 3 heterocycles. The number of furan rings is 1. The van der Waals surface area contributed by atoms with E-state index in [-0.39, 0.29) is 5.92 Å². The molecule has 1 aromatic carbocycles. The fourth-order valence-electron chi connectivity index (χ4n) is 4.21. The third kappa shape index (κ3) is 4.35. The predicted molar refractivity (Wildman–Crippen MR) is 107 cm³/mol. The Morgan fingerprint density at radius 2 is 1.67 bits per heavy atom. The van der Waals surface area contributed by atoms with E-state index in [9.17, 15) is 4.79 Å². The van der Waals surface area contributed by atoms with Crippen LogP contribution in [0.1, 0.15) is 24.4 Å². The SMILES string of the molecule is Cc1ccc(CN2CCC(C(=O)N3CCN(c4ccccc4)CC3)CC2)o1. The molecule has 0 saturated carbocycles. The molecule has 2 fully saturated rings. The van der Waals surface area contributed by atoms with Crippen LogP contribution in [-0.2, 0) is 11.3 Å². The summed E-state index contributed by atoms with van der Waals surface area (Å²) >= 11 is 0. The first-order valence-corrected chi connectivity index (χ1v) is 10.1. The van der Waals surface area contributed by atoms with Gasteiger partial charge in [-0.2, -0.15) is 0 Å². The van der Waals surface area contributed by atoms with Crippen molar-refractivity contribution in [3.05, 3.63) is 54.0 Å². The molecule has 0 aliphatic carbocycles. The topological polar surface area (TPSA) is 39.9 Å². The van der Waals surface area contributed by atoms with Crippen molar-refractivity contribution in [2.24, 2.45) is 5.92 Å². The number of piperazine rings is 1. The number of para-hydroxylation sites is 1. The fraction of sp³-hybridized carbons (Fsp3) is 0.500. The second-order valence-electron chi connectivity index (χ2n) is 7.71. The number of hydrogen-bond donors (Lipinski definition) is 0. The Kier molecular flexibility index (Phi) is 5.48. The lowest BCUT2D eigenvalue weighted by molar-refractivity contribution is -0.137. The van der Waals surface area contributed by atoms with Gasteiger partial charge in [-0.3, -0.25) is 9.69 Å². The first-order chi connectivity index (χ1) is 13.2. The van der Waals surface area contributed by atoms with Gasteiger partial charge in [0.15, 0.2) is 0 Å². The second kappa shape index (κ2) is 8.17. The van der Waals surface area contributed by atoms with Crippen molar-refractivity contribution in [1.29, 1.82) is 0 Å². The maximum absolute atomic E-state index is 12.9. The number of amides is 1. The number of likely N-dealkylation sites (tertiary alicyclic amines) is 1. The monoisotopic (exact) mass is 367 g/mol. The van der Waals surface area contributed by atoms with Gasteiger partial charge in [-0.05, 0) is 57.1 Å². The van der Waals surface area contributed by atoms with Crippen molar-refractivity contribution in [3.8, 4) is 0 Å². The van der Waals surface area contributed by atoms with Crippen LogP contribution < -0.4 is 4.90 Å². The molecule has 0 atom stereocenters. The molecule has 144 valence electrons. The smallest absolute Gasteiger partial charge is 0.225 e. The third-order valence-corrected chi connectivity index (χ3v) is 5.82. The van der Waals surface area contributed by atoms with Crippen LogP contribution in [0.25, 0.3) is 0 Å². The Balaban J connectivity index is 1.24. The Morgan fingerprint density at radius 3 is 2.30 bits per heavy atom. The first-order valence-electron chi connectivity index (χ1n) is 10.1. The van der Waals surface area contributed by atoms with E-state index in [2.05, 4.69) is 45.0 Å². The van der Waals surface area contributed by atoms with Gasteiger partial charge in [0.2, 0.25) is 5.91 Å². The Morgan fingerprint density at radius 1 is 0.963 bits per heavy atom. The summed E-state index contributed by atoms with van der Waals surface area (Å²) in [6.45, 7) is 8.29. The highest BCUT2D eigenvalue weighted by Crippen LogP contribution is 2.23. The lowest BCUT2D eigenvalue weighted by Gasteiger charge is -2.39. The minimum atomic E-state index is 0.183. The quantitative estimate of drug-likeness (QED) is 0.832. The highest BCUT2D eigenvalue weighted by molar-refractivity contribution is 5.79. The first kappa shape index (κ1) is 18.1. The molecule has 5 heteroatoms. The molecule has 4 rings (SSSR count). The number of piperidine rings is 1. The van der Waals surface area contributed by atoms with Crippen molar-refractivity contribution in [2.45, 2.75) is 26.3 Å². The van der Waals surface area contributed by atoms with Gasteiger partial charge in [0, 0.05) is 37.8 Å². The summed E-state index contributed by atoms with van der Waals surface area (Å²) in [4.78, 5) is 19.8. The van der Waals surface area contributed by atoms with Crippen molar-refractivity contribution in [2.75, 3.05) is 44.2 Å². The van der Waals surface area contributed by atoms with E-state index in [1.807, 2.05) is 19.1 Å². The van der Waals surface area contributed by atoms with Gasteiger partial charge in [-0.1, -0.05) is 18.2 Å². The molecule has 5 nitrogen and oxygen atoms in total. The van der Waals surface area contributed by atoms with E-state index < -0.39 is 0 Å². The Hall–Kier alpha value is -2.27. The fourth-order valence-corrected chi connectivity index (χ4v) is 4.21. The summed E-state index contributed by atoms with van der Waals surface area (Å²) in [7, 11) is 0. The van der Waals surface area contributed by atoms with Gasteiger partial charge >= 0.3 is 0 Å². The van der Waals surface area contributed by atoms with Crippen LogP contribution in [0, 0.1) is 12.8 Å². The maximum atomic E-state index is 12.9. The maximum Gasteiger partial charge on any atom is 0.225 e. The molecule has 2 aliphatic rings. The summed E-state index contributed by atoms with van der Waals surface area (Å²) in [5.41, 5.74) is 1.26. The number of anilines is 1. The molecular weight excluding hydrogens is 338 g/mol. The number of carbonyl (C=O) groups is 1. The van der Waals surface area contributed by atoms with Gasteiger partial charge in [0.1, 0.15) is 11.5 Å². The van der Waals surface area contributed by atoms with Gasteiger partial charge in [-0.15, -0.1) is 0 Å². The zero-order chi connectivity index (χ0) is 18.6. The number of benzene rings is 1. The lowest BCUT2D eigenvalue weighted by atomic mass is 9.95. The predicted octanol–water partition coefficient (Wildman–Crippen LogP) is 3.15. The van der Waals surface area contributed by atoms with Gasteiger partial charge in [0.05, 0.1) is 6.54 Å². The van der Waals surface area contributed by atoms with Crippen LogP contribution >= 0.6 is 0 Å². The normalized spacial score (nSPS) is 19.4. The highest BCUT2D eigenvalue weighted by atomic mass is 16.3. The van der Waals surface area contributed by atoms with Gasteiger partial charge < -0.3 is 14.2 Å². The van der Waals surface area contributed by atoms with E-state index >= 15 is 0 Å². The molecule has 2 aromatic rings. The number of rotatable bonds is 4. The molecule has 1 amide bonds. The molecule has 0 unspecified atom stereocenters. The van der Waals surface area contributed by atoms with E-state index in [0.717, 1.165) is 70.2 Å². The second-order valence-corrected chi connectivity index (χ2v) is 7.71. The lowest BCUT2D eigenvalue weighted by Crippen LogP contribution is -2.51. The summed E-state index contributed by atoms with van der Waals surface area (Å²) in [6.07, 6.45) is 1.91. The molecule has 1 aromatic heterocycles. The number of carbonyl (C=O) groups excluding carboxylic acids is 1. The Labute approximate surface area is 161 Å². The van der Waals surface area contributed by atoms with E-state index in [4.69, 9.17) is 4.42 Å². The van der Waals surface area contributed by atoms with E-state index in [0.29, 0.717) is 5.91 Å². The average Bonchev–Trinajstić information content (AvgIpc) is 3.13. The van der Waals surface area contributed by atoms with Crippen LogP contribution in [0.15, 0.2) is 46.9 Å². The van der Waals surface area contributed by atoms with Crippen LogP contribution in [0.2, 0.25) is 0 Å². The third-order valence-electron chi connectivity index (χ3n) is 5.82. The van der Waals surface area contributed by atoms with Gasteiger partial charge in [0.25, 0.3) is 0 Å². The summed E-state index contributed by atoms with van der Waals surface area (Å²) in [5.74, 6) is 2.53. The molecule has 2 saturated heterocycles. The van der Waals surface area contributed by atoms with E-state index in [1.165, 1.54) is 5.69 Å². The number of nitrogens with zero attached hydrogens (tertiary/aromatic N) is 3. The molecule has 27 heavy (non-hydrogen) atoms. The minimum Gasteiger partial charge on any atom is -0.465 e. The van der Waals surface area contributed by atoms with Crippen molar-refractivity contribution in [3.63, 3.8) is 0 Å². The highest BCUT2D eigenvalue weighted by Gasteiger charge is 2.30. The van der Waals surface area contributed by atoms with E-state index in [1.54, 1.807) is 0 Å². The van der Waals surface area contributed by atoms with Crippen LogP contribution in [0.3, 0.4) is 0 Å². The summed E-state index contributed by atoms with van der Waals surface area (Å²) in [6, 6.07) is 14.6. The van der Waals surface area contributed by atoms with Crippen molar-refractivity contribution >= 4 is 11.6 Å². The molecule has 2 aliphatic heterocycles. The summed E-state index contributed by atoms with van der Waals surface area (Å²) in [5, 5.41) is 0. The Bertz CT molecular complexity index is 742. The van der Waals surface area contributed by atoms with Crippen molar-refractivity contribution in [1.82, 2.24) is 9.80 Å². The molecular formula is C22H29N3O2. The van der Waals surface area contributed by atoms with Crippen LogP contribution in [-0.4, -0.2) is 55.0 Å². The average molecular weight is 367 g/mol. The molecule has 0 N–H and O–H groups in total. The number of aryl methyl sites for hydroxylation is 1. The molecule has 0 radical (unpaired) electrons. The largest absolute Gasteiger partial charge is 0.465 e. The van der Waals surface area contributed by atoms with Crippen molar-refractivity contribution < 1.29 is 9.21 Å². The number of hydrogen-bond acceptors (Lipinski definition) is 4. The standard InChI is InChI=1S/C22H29N3O2/c1-18-7-8-21(27-18)17-23-11-9-19(10-12-23)22(26)25-15-13-24(14-16-25)20-5-3-2-4-6-20/h2-8,19H,9-17H2,1H3. The molecule has 0 spiro atoms. The minimum absolute atomic E-state index is 0.183. The van der Waals surface area contributed by atoms with Gasteiger partial charge in [-0.25, -0.2) is 0 Å². The summed E-state index contributed by atoms with van der Waals surface area (Å²) < 4.78 is 5.68. The zero-order valence-electron chi connectivity index (χ0n) is 16.1. The van der Waals surface area contributed by atoms with Crippen LogP contribution in [0.4, 0.5) is 5.69 Å². The van der Waals surface area contributed by atoms with Crippen LogP contribution in [0.5, 0.6) is 0 Å². The molecule has 0 bridgehead atoms.